The Balaban J connectivity index is 1.86. The van der Waals surface area contributed by atoms with Crippen LogP contribution in [0.3, 0.4) is 0 Å². The summed E-state index contributed by atoms with van der Waals surface area (Å²) < 4.78 is 84.2. The van der Waals surface area contributed by atoms with Crippen molar-refractivity contribution in [3.63, 3.8) is 0 Å². The van der Waals surface area contributed by atoms with Crippen LogP contribution in [-0.4, -0.2) is 6.36 Å². The van der Waals surface area contributed by atoms with Crippen molar-refractivity contribution in [3.05, 3.63) is 76.6 Å². The van der Waals surface area contributed by atoms with Gasteiger partial charge in [0.25, 0.3) is 0 Å². The van der Waals surface area contributed by atoms with Crippen LogP contribution in [0.2, 0.25) is 0 Å². The Hall–Kier alpha value is -2.44. The Morgan fingerprint density at radius 2 is 1.79 bits per heavy atom. The molecule has 7 heteroatoms. The predicted molar refractivity (Wildman–Crippen MR) is 92.7 cm³/mol. The van der Waals surface area contributed by atoms with E-state index in [4.69, 9.17) is 0 Å². The number of rotatable bonds is 5. The molecule has 0 N–H and O–H groups in total. The van der Waals surface area contributed by atoms with Crippen molar-refractivity contribution in [2.75, 3.05) is 0 Å². The molecule has 0 heterocycles. The first-order valence-electron chi connectivity index (χ1n) is 8.84. The van der Waals surface area contributed by atoms with Crippen molar-refractivity contribution >= 4 is 0 Å². The molecule has 3 rings (SSSR count). The van der Waals surface area contributed by atoms with Crippen molar-refractivity contribution in [1.29, 1.82) is 0 Å². The molecule has 0 aliphatic heterocycles. The summed E-state index contributed by atoms with van der Waals surface area (Å²) in [4.78, 5) is 0. The van der Waals surface area contributed by atoms with Crippen LogP contribution in [0.15, 0.2) is 36.9 Å². The molecule has 1 aliphatic carbocycles. The number of allylic oxidation sites excluding steroid dienone is 1. The molecular weight excluding hydrogens is 382 g/mol. The largest absolute Gasteiger partial charge is 0.573 e. The highest BCUT2D eigenvalue weighted by atomic mass is 19.4. The van der Waals surface area contributed by atoms with Crippen LogP contribution in [0, 0.1) is 17.5 Å². The number of fused-ring (bicyclic) bond motifs is 1. The maximum Gasteiger partial charge on any atom is 0.573 e. The first kappa shape index (κ1) is 20.3. The average Bonchev–Trinajstić information content (AvgIpc) is 2.61. The first-order valence-corrected chi connectivity index (χ1v) is 8.84. The van der Waals surface area contributed by atoms with E-state index in [0.717, 1.165) is 6.07 Å². The van der Waals surface area contributed by atoms with Gasteiger partial charge in [0, 0.05) is 5.56 Å². The Bertz CT molecular complexity index is 864. The van der Waals surface area contributed by atoms with Gasteiger partial charge >= 0.3 is 6.36 Å². The molecule has 0 spiro atoms. The van der Waals surface area contributed by atoms with Gasteiger partial charge in [-0.2, -0.15) is 0 Å². The third-order valence-electron chi connectivity index (χ3n) is 4.92. The number of alkyl halides is 3. The third kappa shape index (κ3) is 4.34. The van der Waals surface area contributed by atoms with E-state index in [1.165, 1.54) is 18.2 Å². The van der Waals surface area contributed by atoms with E-state index < -0.39 is 35.5 Å². The normalized spacial score (nSPS) is 16.6. The van der Waals surface area contributed by atoms with Crippen molar-refractivity contribution < 1.29 is 31.1 Å². The number of ether oxygens (including phenoxy) is 1. The van der Waals surface area contributed by atoms with E-state index in [0.29, 0.717) is 24.0 Å². The molecule has 28 heavy (non-hydrogen) atoms. The van der Waals surface area contributed by atoms with Crippen LogP contribution in [-0.2, 0) is 19.3 Å². The number of hydrogen-bond donors (Lipinski definition) is 0. The number of hydrogen-bond acceptors (Lipinski definition) is 1. The molecule has 2 aromatic carbocycles. The molecule has 0 radical (unpaired) electrons. The van der Waals surface area contributed by atoms with Crippen LogP contribution in [0.5, 0.6) is 5.75 Å². The van der Waals surface area contributed by atoms with Crippen molar-refractivity contribution in [3.8, 4) is 5.75 Å². The molecule has 0 saturated heterocycles. The van der Waals surface area contributed by atoms with Crippen LogP contribution < -0.4 is 4.74 Å². The highest BCUT2D eigenvalue weighted by Gasteiger charge is 2.34. The average molecular weight is 400 g/mol. The molecular formula is C21H18F6O. The lowest BCUT2D eigenvalue weighted by molar-refractivity contribution is -0.275. The van der Waals surface area contributed by atoms with Crippen molar-refractivity contribution in [1.82, 2.24) is 0 Å². The highest BCUT2D eigenvalue weighted by molar-refractivity contribution is 5.42. The summed E-state index contributed by atoms with van der Waals surface area (Å²) in [6.07, 6.45) is -1.84. The lowest BCUT2D eigenvalue weighted by atomic mass is 9.79. The van der Waals surface area contributed by atoms with Gasteiger partial charge in [0.2, 0.25) is 0 Å². The minimum Gasteiger partial charge on any atom is -0.403 e. The van der Waals surface area contributed by atoms with Crippen LogP contribution in [0.4, 0.5) is 26.3 Å². The summed E-state index contributed by atoms with van der Waals surface area (Å²) in [5.41, 5.74) is 0.984. The van der Waals surface area contributed by atoms with Gasteiger partial charge in [0.15, 0.2) is 11.6 Å². The summed E-state index contributed by atoms with van der Waals surface area (Å²) in [5, 5.41) is 0. The quantitative estimate of drug-likeness (QED) is 0.417. The second kappa shape index (κ2) is 7.89. The zero-order valence-corrected chi connectivity index (χ0v) is 14.9. The monoisotopic (exact) mass is 400 g/mol. The van der Waals surface area contributed by atoms with Gasteiger partial charge in [0.1, 0.15) is 11.6 Å². The predicted octanol–water partition coefficient (Wildman–Crippen LogP) is 6.39. The standard InChI is InChI=1S/C21H18F6O/c1-2-3-4-12-9-16(22)19(17(23)10-12)14-5-7-15-13(11-14)6-8-18(20(15)24)28-21(25,26)27/h2,6,8-10,14H,1,3-5,7,11H2. The lowest BCUT2D eigenvalue weighted by Gasteiger charge is -2.27. The number of aryl methyl sites for hydroxylation is 1. The molecule has 1 unspecified atom stereocenters. The molecule has 0 bridgehead atoms. The summed E-state index contributed by atoms with van der Waals surface area (Å²) in [6.45, 7) is 3.58. The molecule has 1 atom stereocenters. The minimum absolute atomic E-state index is 0.0657. The Morgan fingerprint density at radius 3 is 2.39 bits per heavy atom. The zero-order valence-electron chi connectivity index (χ0n) is 14.9. The molecule has 0 saturated carbocycles. The van der Waals surface area contributed by atoms with Crippen LogP contribution in [0.25, 0.3) is 0 Å². The first-order chi connectivity index (χ1) is 13.2. The van der Waals surface area contributed by atoms with E-state index in [9.17, 15) is 26.3 Å². The second-order valence-electron chi connectivity index (χ2n) is 6.80. The zero-order chi connectivity index (χ0) is 20.5. The summed E-state index contributed by atoms with van der Waals surface area (Å²) in [5.74, 6) is -3.81. The summed E-state index contributed by atoms with van der Waals surface area (Å²) in [6, 6.07) is 4.80. The Kier molecular flexibility index (Phi) is 5.72. The smallest absolute Gasteiger partial charge is 0.403 e. The van der Waals surface area contributed by atoms with Crippen molar-refractivity contribution in [2.24, 2.45) is 0 Å². The number of halogens is 6. The van der Waals surface area contributed by atoms with Crippen LogP contribution >= 0.6 is 0 Å². The molecule has 1 aliphatic rings. The van der Waals surface area contributed by atoms with Crippen molar-refractivity contribution in [2.45, 2.75) is 44.4 Å². The molecule has 0 amide bonds. The molecule has 0 aromatic heterocycles. The second-order valence-corrected chi connectivity index (χ2v) is 6.80. The fourth-order valence-electron chi connectivity index (χ4n) is 3.68. The van der Waals surface area contributed by atoms with Gasteiger partial charge in [-0.05, 0) is 72.9 Å². The highest BCUT2D eigenvalue weighted by Crippen LogP contribution is 2.39. The maximum absolute atomic E-state index is 14.5. The van der Waals surface area contributed by atoms with Crippen LogP contribution in [0.1, 0.15) is 41.0 Å². The molecule has 0 fully saturated rings. The summed E-state index contributed by atoms with van der Waals surface area (Å²) >= 11 is 0. The molecule has 2 aromatic rings. The lowest BCUT2D eigenvalue weighted by Crippen LogP contribution is -2.20. The van der Waals surface area contributed by atoms with Gasteiger partial charge in [-0.25, -0.2) is 13.2 Å². The summed E-state index contributed by atoms with van der Waals surface area (Å²) in [7, 11) is 0. The van der Waals surface area contributed by atoms with E-state index in [2.05, 4.69) is 11.3 Å². The topological polar surface area (TPSA) is 9.23 Å². The number of benzene rings is 2. The van der Waals surface area contributed by atoms with Gasteiger partial charge in [-0.1, -0.05) is 12.1 Å². The third-order valence-corrected chi connectivity index (χ3v) is 4.92. The van der Waals surface area contributed by atoms with Gasteiger partial charge < -0.3 is 4.74 Å². The molecule has 150 valence electrons. The Morgan fingerprint density at radius 1 is 1.11 bits per heavy atom. The van der Waals surface area contributed by atoms with E-state index in [1.807, 2.05) is 0 Å². The fraction of sp³-hybridized carbons (Fsp3) is 0.333. The minimum atomic E-state index is -4.99. The van der Waals surface area contributed by atoms with Gasteiger partial charge in [-0.15, -0.1) is 19.8 Å². The Labute approximate surface area is 158 Å². The SMILES string of the molecule is C=CCCc1cc(F)c(C2CCc3c(ccc(OC(F)(F)F)c3F)C2)c(F)c1. The van der Waals surface area contributed by atoms with E-state index in [-0.39, 0.29) is 30.4 Å². The molecule has 1 nitrogen and oxygen atoms in total. The van der Waals surface area contributed by atoms with E-state index >= 15 is 0 Å². The fourth-order valence-corrected chi connectivity index (χ4v) is 3.68. The van der Waals surface area contributed by atoms with Gasteiger partial charge in [0.05, 0.1) is 0 Å². The van der Waals surface area contributed by atoms with Gasteiger partial charge in [-0.3, -0.25) is 0 Å². The maximum atomic E-state index is 14.5. The van der Waals surface area contributed by atoms with E-state index in [1.54, 1.807) is 6.08 Å².